The molecule has 1 aliphatic heterocycles. The van der Waals surface area contributed by atoms with E-state index in [-0.39, 0.29) is 17.9 Å². The fraction of sp³-hybridized carbons (Fsp3) is 0.188. The molecule has 1 unspecified atom stereocenters. The van der Waals surface area contributed by atoms with E-state index in [2.05, 4.69) is 0 Å². The molecule has 1 heterocycles. The molecule has 0 radical (unpaired) electrons. The molecule has 0 saturated heterocycles. The lowest BCUT2D eigenvalue weighted by atomic mass is 9.98. The topological polar surface area (TPSA) is 40.5 Å². The van der Waals surface area contributed by atoms with Crippen LogP contribution in [-0.4, -0.2) is 18.1 Å². The number of benzene rings is 2. The Kier molecular flexibility index (Phi) is 3.22. The largest absolute Gasteiger partial charge is 0.384 e. The summed E-state index contributed by atoms with van der Waals surface area (Å²) in [5.41, 5.74) is 2.24. The highest BCUT2D eigenvalue weighted by Crippen LogP contribution is 2.32. The van der Waals surface area contributed by atoms with E-state index in [0.717, 1.165) is 29.4 Å². The predicted molar refractivity (Wildman–Crippen MR) is 74.0 cm³/mol. The molecule has 1 N–H and O–H groups in total. The first-order valence-electron chi connectivity index (χ1n) is 6.49. The van der Waals surface area contributed by atoms with Gasteiger partial charge in [-0.25, -0.2) is 8.78 Å². The van der Waals surface area contributed by atoms with Crippen LogP contribution in [0.3, 0.4) is 0 Å². The summed E-state index contributed by atoms with van der Waals surface area (Å²) in [5, 5.41) is 10.3. The molecule has 1 aliphatic rings. The second-order valence-electron chi connectivity index (χ2n) is 5.12. The highest BCUT2D eigenvalue weighted by atomic mass is 19.1. The van der Waals surface area contributed by atoms with Crippen molar-refractivity contribution in [2.24, 2.45) is 0 Å². The quantitative estimate of drug-likeness (QED) is 0.923. The van der Waals surface area contributed by atoms with E-state index in [1.807, 2.05) is 0 Å². The van der Waals surface area contributed by atoms with Crippen LogP contribution < -0.4 is 4.90 Å². The van der Waals surface area contributed by atoms with E-state index >= 15 is 0 Å². The first kappa shape index (κ1) is 13.7. The summed E-state index contributed by atoms with van der Waals surface area (Å²) < 4.78 is 26.4. The summed E-state index contributed by atoms with van der Waals surface area (Å²) in [4.78, 5) is 13.2. The Balaban J connectivity index is 1.98. The maximum Gasteiger partial charge on any atom is 0.231 e. The van der Waals surface area contributed by atoms with Gasteiger partial charge in [0.05, 0.1) is 6.42 Å². The fourth-order valence-electron chi connectivity index (χ4n) is 2.59. The van der Waals surface area contributed by atoms with Crippen LogP contribution in [0.1, 0.15) is 22.8 Å². The molecular formula is C16H13F2NO2. The molecule has 0 aliphatic carbocycles. The molecule has 108 valence electrons. The van der Waals surface area contributed by atoms with Crippen molar-refractivity contribution in [2.45, 2.75) is 12.5 Å². The first-order chi connectivity index (χ1) is 9.95. The molecule has 0 spiro atoms. The van der Waals surface area contributed by atoms with Crippen LogP contribution in [0.2, 0.25) is 0 Å². The number of anilines is 1. The van der Waals surface area contributed by atoms with E-state index in [9.17, 15) is 18.7 Å². The summed E-state index contributed by atoms with van der Waals surface area (Å²) >= 11 is 0. The summed E-state index contributed by atoms with van der Waals surface area (Å²) in [7, 11) is 1.69. The lowest BCUT2D eigenvalue weighted by molar-refractivity contribution is -0.117. The molecule has 2 aromatic carbocycles. The van der Waals surface area contributed by atoms with E-state index < -0.39 is 17.7 Å². The molecule has 21 heavy (non-hydrogen) atoms. The van der Waals surface area contributed by atoms with Gasteiger partial charge in [0.15, 0.2) is 0 Å². The van der Waals surface area contributed by atoms with Gasteiger partial charge in [0, 0.05) is 18.8 Å². The number of halogens is 2. The van der Waals surface area contributed by atoms with Crippen LogP contribution in [0.5, 0.6) is 0 Å². The second-order valence-corrected chi connectivity index (χ2v) is 5.12. The SMILES string of the molecule is CN1C(=O)Cc2cc(C(O)c3cc(F)cc(F)c3)ccc21. The van der Waals surface area contributed by atoms with Gasteiger partial charge in [0.1, 0.15) is 17.7 Å². The zero-order valence-electron chi connectivity index (χ0n) is 11.3. The number of likely N-dealkylation sites (N-methyl/N-ethyl adjacent to an activating group) is 1. The van der Waals surface area contributed by atoms with Gasteiger partial charge in [-0.15, -0.1) is 0 Å². The number of carbonyl (C=O) groups excluding carboxylic acids is 1. The van der Waals surface area contributed by atoms with Crippen LogP contribution in [0.15, 0.2) is 36.4 Å². The van der Waals surface area contributed by atoms with Crippen molar-refractivity contribution in [1.82, 2.24) is 0 Å². The zero-order chi connectivity index (χ0) is 15.1. The van der Waals surface area contributed by atoms with Gasteiger partial charge in [-0.1, -0.05) is 12.1 Å². The van der Waals surface area contributed by atoms with E-state index in [4.69, 9.17) is 0 Å². The molecule has 1 atom stereocenters. The van der Waals surface area contributed by atoms with Crippen LogP contribution in [0.25, 0.3) is 0 Å². The van der Waals surface area contributed by atoms with Gasteiger partial charge >= 0.3 is 0 Å². The first-order valence-corrected chi connectivity index (χ1v) is 6.49. The Morgan fingerprint density at radius 2 is 1.76 bits per heavy atom. The normalized spacial score (nSPS) is 15.2. The summed E-state index contributed by atoms with van der Waals surface area (Å²) in [6, 6.07) is 8.03. The second kappa shape index (κ2) is 4.93. The Labute approximate surface area is 120 Å². The minimum atomic E-state index is -1.14. The molecule has 0 fully saturated rings. The molecule has 0 aromatic heterocycles. The molecule has 5 heteroatoms. The number of aliphatic hydroxyl groups is 1. The number of rotatable bonds is 2. The number of nitrogens with zero attached hydrogens (tertiary/aromatic N) is 1. The molecule has 1 amide bonds. The van der Waals surface area contributed by atoms with Gasteiger partial charge in [0.2, 0.25) is 5.91 Å². The van der Waals surface area contributed by atoms with Crippen molar-refractivity contribution in [1.29, 1.82) is 0 Å². The zero-order valence-corrected chi connectivity index (χ0v) is 11.3. The molecule has 2 aromatic rings. The van der Waals surface area contributed by atoms with Gasteiger partial charge in [-0.05, 0) is 34.9 Å². The maximum absolute atomic E-state index is 13.2. The Morgan fingerprint density at radius 1 is 1.10 bits per heavy atom. The average Bonchev–Trinajstić information content (AvgIpc) is 2.71. The Bertz CT molecular complexity index is 710. The lowest BCUT2D eigenvalue weighted by Crippen LogP contribution is -2.20. The monoisotopic (exact) mass is 289 g/mol. The van der Waals surface area contributed by atoms with Crippen LogP contribution >= 0.6 is 0 Å². The van der Waals surface area contributed by atoms with Crippen molar-refractivity contribution in [2.75, 3.05) is 11.9 Å². The van der Waals surface area contributed by atoms with Gasteiger partial charge in [0.25, 0.3) is 0 Å². The summed E-state index contributed by atoms with van der Waals surface area (Å²) in [6.07, 6.45) is -0.870. The van der Waals surface area contributed by atoms with Crippen LogP contribution in [-0.2, 0) is 11.2 Å². The third-order valence-corrected chi connectivity index (χ3v) is 3.70. The van der Waals surface area contributed by atoms with Crippen LogP contribution in [0.4, 0.5) is 14.5 Å². The van der Waals surface area contributed by atoms with E-state index in [0.29, 0.717) is 5.56 Å². The molecule has 0 saturated carbocycles. The van der Waals surface area contributed by atoms with Crippen molar-refractivity contribution in [3.8, 4) is 0 Å². The number of amides is 1. The third-order valence-electron chi connectivity index (χ3n) is 3.70. The lowest BCUT2D eigenvalue weighted by Gasteiger charge is -2.14. The highest BCUT2D eigenvalue weighted by Gasteiger charge is 2.25. The predicted octanol–water partition coefficient (Wildman–Crippen LogP) is 2.57. The maximum atomic E-state index is 13.2. The van der Waals surface area contributed by atoms with Crippen molar-refractivity contribution in [3.05, 3.63) is 64.7 Å². The number of fused-ring (bicyclic) bond motifs is 1. The smallest absolute Gasteiger partial charge is 0.231 e. The van der Waals surface area contributed by atoms with Gasteiger partial charge < -0.3 is 10.0 Å². The van der Waals surface area contributed by atoms with Crippen molar-refractivity contribution in [3.63, 3.8) is 0 Å². The molecular weight excluding hydrogens is 276 g/mol. The number of aliphatic hydroxyl groups excluding tert-OH is 1. The highest BCUT2D eigenvalue weighted by molar-refractivity contribution is 6.00. The minimum Gasteiger partial charge on any atom is -0.384 e. The Morgan fingerprint density at radius 3 is 2.43 bits per heavy atom. The molecule has 0 bridgehead atoms. The molecule has 3 rings (SSSR count). The minimum absolute atomic E-state index is 0.0200. The van der Waals surface area contributed by atoms with E-state index in [1.165, 1.54) is 0 Å². The summed E-state index contributed by atoms with van der Waals surface area (Å²) in [6.45, 7) is 0. The van der Waals surface area contributed by atoms with Crippen molar-refractivity contribution < 1.29 is 18.7 Å². The van der Waals surface area contributed by atoms with E-state index in [1.54, 1.807) is 30.1 Å². The van der Waals surface area contributed by atoms with Crippen LogP contribution in [0, 0.1) is 11.6 Å². The number of hydrogen-bond donors (Lipinski definition) is 1. The van der Waals surface area contributed by atoms with Gasteiger partial charge in [-0.3, -0.25) is 4.79 Å². The third kappa shape index (κ3) is 2.40. The number of hydrogen-bond acceptors (Lipinski definition) is 2. The summed E-state index contributed by atoms with van der Waals surface area (Å²) in [5.74, 6) is -1.49. The number of carbonyl (C=O) groups is 1. The molecule has 3 nitrogen and oxygen atoms in total. The Hall–Kier alpha value is -2.27. The van der Waals surface area contributed by atoms with Crippen molar-refractivity contribution >= 4 is 11.6 Å². The fourth-order valence-corrected chi connectivity index (χ4v) is 2.59. The average molecular weight is 289 g/mol. The standard InChI is InChI=1S/C16H13F2NO2/c1-19-14-3-2-9(4-10(14)7-15(19)20)16(21)11-5-12(17)8-13(18)6-11/h2-6,8,16,21H,7H2,1H3. The van der Waals surface area contributed by atoms with Gasteiger partial charge in [-0.2, -0.15) is 0 Å².